The molecule has 0 N–H and O–H groups in total. The Balaban J connectivity index is 1.99. The third-order valence-corrected chi connectivity index (χ3v) is 6.89. The van der Waals surface area contributed by atoms with E-state index in [0.717, 1.165) is 17.1 Å². The molecular formula is C22H42S. The van der Waals surface area contributed by atoms with Crippen LogP contribution in [0.5, 0.6) is 0 Å². The first-order chi connectivity index (χ1) is 11.1. The molecule has 0 bridgehead atoms. The van der Waals surface area contributed by atoms with Crippen LogP contribution in [0.3, 0.4) is 0 Å². The highest BCUT2D eigenvalue weighted by Crippen LogP contribution is 2.34. The van der Waals surface area contributed by atoms with Crippen LogP contribution in [0.15, 0.2) is 11.6 Å². The summed E-state index contributed by atoms with van der Waals surface area (Å²) in [6.07, 6.45) is 19.8. The normalized spacial score (nSPS) is 21.7. The topological polar surface area (TPSA) is 0 Å². The maximum absolute atomic E-state index is 2.61. The van der Waals surface area contributed by atoms with E-state index in [1.54, 1.807) is 5.57 Å². The SMILES string of the molecule is CCCCCCCCCCCCSC1C=C(C(C)C)CCC1C. The van der Waals surface area contributed by atoms with Gasteiger partial charge in [0, 0.05) is 5.25 Å². The van der Waals surface area contributed by atoms with Crippen LogP contribution in [0.25, 0.3) is 0 Å². The molecule has 0 heterocycles. The standard InChI is InChI=1S/C22H42S/c1-5-6-7-8-9-10-11-12-13-14-17-23-22-18-21(19(2)3)16-15-20(22)4/h18-20,22H,5-17H2,1-4H3. The van der Waals surface area contributed by atoms with Gasteiger partial charge >= 0.3 is 0 Å². The molecule has 0 aromatic heterocycles. The fourth-order valence-corrected chi connectivity index (χ4v) is 4.90. The first-order valence-corrected chi connectivity index (χ1v) is 11.5. The summed E-state index contributed by atoms with van der Waals surface area (Å²) in [6.45, 7) is 9.45. The van der Waals surface area contributed by atoms with Gasteiger partial charge in [0.25, 0.3) is 0 Å². The third-order valence-electron chi connectivity index (χ3n) is 5.38. The molecule has 0 aromatic rings. The Kier molecular flexibility index (Phi) is 12.3. The summed E-state index contributed by atoms with van der Waals surface area (Å²) in [6, 6.07) is 0. The Morgan fingerprint density at radius 3 is 2.09 bits per heavy atom. The Hall–Kier alpha value is 0.0900. The fraction of sp³-hybridized carbons (Fsp3) is 0.909. The van der Waals surface area contributed by atoms with Crippen molar-refractivity contribution in [2.45, 2.75) is 110 Å². The molecule has 1 aliphatic carbocycles. The van der Waals surface area contributed by atoms with Crippen molar-refractivity contribution in [2.75, 3.05) is 5.75 Å². The summed E-state index contributed by atoms with van der Waals surface area (Å²) in [5, 5.41) is 0.791. The Labute approximate surface area is 151 Å². The van der Waals surface area contributed by atoms with E-state index in [1.807, 2.05) is 0 Å². The minimum atomic E-state index is 0.753. The van der Waals surface area contributed by atoms with E-state index >= 15 is 0 Å². The molecule has 1 heteroatoms. The minimum absolute atomic E-state index is 0.753. The Morgan fingerprint density at radius 2 is 1.52 bits per heavy atom. The molecule has 0 nitrogen and oxygen atoms in total. The van der Waals surface area contributed by atoms with Crippen molar-refractivity contribution in [3.05, 3.63) is 11.6 Å². The second kappa shape index (κ2) is 13.4. The average Bonchev–Trinajstić information content (AvgIpc) is 2.54. The third kappa shape index (κ3) is 9.85. The zero-order valence-corrected chi connectivity index (χ0v) is 17.2. The zero-order valence-electron chi connectivity index (χ0n) is 16.4. The van der Waals surface area contributed by atoms with Crippen molar-refractivity contribution in [3.63, 3.8) is 0 Å². The molecule has 23 heavy (non-hydrogen) atoms. The molecule has 0 saturated carbocycles. The number of hydrogen-bond acceptors (Lipinski definition) is 1. The van der Waals surface area contributed by atoms with Gasteiger partial charge in [0.15, 0.2) is 0 Å². The second-order valence-corrected chi connectivity index (χ2v) is 9.22. The molecule has 0 amide bonds. The molecule has 0 aromatic carbocycles. The maximum atomic E-state index is 2.61. The van der Waals surface area contributed by atoms with E-state index in [-0.39, 0.29) is 0 Å². The highest BCUT2D eigenvalue weighted by molar-refractivity contribution is 8.00. The molecule has 1 rings (SSSR count). The van der Waals surface area contributed by atoms with Gasteiger partial charge in [-0.05, 0) is 36.9 Å². The van der Waals surface area contributed by atoms with Gasteiger partial charge in [-0.2, -0.15) is 11.8 Å². The van der Waals surface area contributed by atoms with Crippen LogP contribution in [-0.4, -0.2) is 11.0 Å². The van der Waals surface area contributed by atoms with Crippen LogP contribution in [0.1, 0.15) is 105 Å². The van der Waals surface area contributed by atoms with Crippen LogP contribution in [0.2, 0.25) is 0 Å². The smallest absolute Gasteiger partial charge is 0.0255 e. The second-order valence-electron chi connectivity index (χ2n) is 7.93. The number of unbranched alkanes of at least 4 members (excludes halogenated alkanes) is 9. The van der Waals surface area contributed by atoms with Crippen LogP contribution < -0.4 is 0 Å². The molecular weight excluding hydrogens is 296 g/mol. The Bertz CT molecular complexity index is 305. The number of allylic oxidation sites excluding steroid dienone is 1. The van der Waals surface area contributed by atoms with Gasteiger partial charge in [0.2, 0.25) is 0 Å². The van der Waals surface area contributed by atoms with E-state index < -0.39 is 0 Å². The van der Waals surface area contributed by atoms with Gasteiger partial charge in [-0.15, -0.1) is 0 Å². The molecule has 0 spiro atoms. The monoisotopic (exact) mass is 338 g/mol. The summed E-state index contributed by atoms with van der Waals surface area (Å²) < 4.78 is 0. The molecule has 2 unspecified atom stereocenters. The average molecular weight is 339 g/mol. The molecule has 136 valence electrons. The van der Waals surface area contributed by atoms with Crippen molar-refractivity contribution in [1.82, 2.24) is 0 Å². The lowest BCUT2D eigenvalue weighted by atomic mass is 9.86. The Morgan fingerprint density at radius 1 is 0.957 bits per heavy atom. The van der Waals surface area contributed by atoms with E-state index in [1.165, 1.54) is 82.8 Å². The molecule has 0 radical (unpaired) electrons. The van der Waals surface area contributed by atoms with Crippen molar-refractivity contribution < 1.29 is 0 Å². The van der Waals surface area contributed by atoms with Gasteiger partial charge in [0.1, 0.15) is 0 Å². The van der Waals surface area contributed by atoms with Crippen LogP contribution in [0.4, 0.5) is 0 Å². The van der Waals surface area contributed by atoms with Gasteiger partial charge < -0.3 is 0 Å². The molecule has 0 aliphatic heterocycles. The lowest BCUT2D eigenvalue weighted by Crippen LogP contribution is -2.19. The van der Waals surface area contributed by atoms with Crippen LogP contribution >= 0.6 is 11.8 Å². The van der Waals surface area contributed by atoms with Gasteiger partial charge in [-0.1, -0.05) is 97.1 Å². The largest absolute Gasteiger partial charge is 0.154 e. The summed E-state index contributed by atoms with van der Waals surface area (Å²) in [5.41, 5.74) is 1.71. The van der Waals surface area contributed by atoms with Gasteiger partial charge in [-0.25, -0.2) is 0 Å². The first kappa shape index (κ1) is 21.1. The molecule has 0 fully saturated rings. The predicted molar refractivity (Wildman–Crippen MR) is 109 cm³/mol. The number of rotatable bonds is 13. The van der Waals surface area contributed by atoms with Gasteiger partial charge in [-0.3, -0.25) is 0 Å². The molecule has 1 aliphatic rings. The fourth-order valence-electron chi connectivity index (χ4n) is 3.52. The summed E-state index contributed by atoms with van der Waals surface area (Å²) in [5.74, 6) is 3.00. The van der Waals surface area contributed by atoms with E-state index in [0.29, 0.717) is 0 Å². The van der Waals surface area contributed by atoms with Crippen LogP contribution in [-0.2, 0) is 0 Å². The van der Waals surface area contributed by atoms with Gasteiger partial charge in [0.05, 0.1) is 0 Å². The van der Waals surface area contributed by atoms with E-state index in [4.69, 9.17) is 0 Å². The highest BCUT2D eigenvalue weighted by Gasteiger charge is 2.22. The lowest BCUT2D eigenvalue weighted by Gasteiger charge is -2.28. The number of hydrogen-bond donors (Lipinski definition) is 0. The van der Waals surface area contributed by atoms with Crippen LogP contribution in [0, 0.1) is 11.8 Å². The maximum Gasteiger partial charge on any atom is 0.0255 e. The first-order valence-electron chi connectivity index (χ1n) is 10.5. The van der Waals surface area contributed by atoms with Crippen molar-refractivity contribution in [2.24, 2.45) is 11.8 Å². The number of thioether (sulfide) groups is 1. The summed E-state index contributed by atoms with van der Waals surface area (Å²) in [7, 11) is 0. The highest BCUT2D eigenvalue weighted by atomic mass is 32.2. The van der Waals surface area contributed by atoms with E-state index in [9.17, 15) is 0 Å². The van der Waals surface area contributed by atoms with Crippen molar-refractivity contribution >= 4 is 11.8 Å². The lowest BCUT2D eigenvalue weighted by molar-refractivity contribution is 0.499. The summed E-state index contributed by atoms with van der Waals surface area (Å²) in [4.78, 5) is 0. The predicted octanol–water partition coefficient (Wildman–Crippen LogP) is 8.02. The summed E-state index contributed by atoms with van der Waals surface area (Å²) >= 11 is 2.23. The quantitative estimate of drug-likeness (QED) is 0.242. The van der Waals surface area contributed by atoms with Crippen molar-refractivity contribution in [1.29, 1.82) is 0 Å². The van der Waals surface area contributed by atoms with Crippen molar-refractivity contribution in [3.8, 4) is 0 Å². The minimum Gasteiger partial charge on any atom is -0.154 e. The zero-order chi connectivity index (χ0) is 16.9. The van der Waals surface area contributed by atoms with E-state index in [2.05, 4.69) is 45.5 Å². The molecule has 0 saturated heterocycles. The molecule has 2 atom stereocenters.